The average molecular weight is 298 g/mol. The van der Waals surface area contributed by atoms with E-state index in [9.17, 15) is 0 Å². The van der Waals surface area contributed by atoms with Crippen LogP contribution in [0.1, 0.15) is 12.0 Å². The van der Waals surface area contributed by atoms with Gasteiger partial charge in [-0.3, -0.25) is 0 Å². The van der Waals surface area contributed by atoms with E-state index in [1.807, 2.05) is 36.4 Å². The minimum Gasteiger partial charge on any atom is -0.497 e. The standard InChI is InChI=1S/C19H22O3/c1-20-17-13-16(14-18(21-2)19(17)22-3)12-8-7-11-15-9-5-4-6-10-15/h4-13,16H,14H2,1-3H3/b11-7+,12-8+. The first-order chi connectivity index (χ1) is 10.8. The van der Waals surface area contributed by atoms with Crippen molar-refractivity contribution in [3.8, 4) is 0 Å². The van der Waals surface area contributed by atoms with Gasteiger partial charge in [-0.2, -0.15) is 0 Å². The highest BCUT2D eigenvalue weighted by Crippen LogP contribution is 2.30. The van der Waals surface area contributed by atoms with E-state index in [1.165, 1.54) is 5.56 Å². The normalized spacial score (nSPS) is 18.7. The third-order valence-electron chi connectivity index (χ3n) is 3.49. The van der Waals surface area contributed by atoms with Crippen LogP contribution in [0, 0.1) is 5.92 Å². The summed E-state index contributed by atoms with van der Waals surface area (Å²) in [6.07, 6.45) is 11.1. The predicted molar refractivity (Wildman–Crippen MR) is 88.9 cm³/mol. The van der Waals surface area contributed by atoms with E-state index in [2.05, 4.69) is 24.3 Å². The number of rotatable bonds is 6. The highest BCUT2D eigenvalue weighted by atomic mass is 16.5. The van der Waals surface area contributed by atoms with Gasteiger partial charge in [-0.1, -0.05) is 54.6 Å². The van der Waals surface area contributed by atoms with Gasteiger partial charge in [0, 0.05) is 12.3 Å². The van der Waals surface area contributed by atoms with Crippen LogP contribution in [-0.2, 0) is 14.2 Å². The number of allylic oxidation sites excluding steroid dienone is 5. The highest BCUT2D eigenvalue weighted by Gasteiger charge is 2.23. The van der Waals surface area contributed by atoms with Crippen molar-refractivity contribution in [2.45, 2.75) is 6.42 Å². The molecule has 0 heterocycles. The molecular weight excluding hydrogens is 276 g/mol. The van der Waals surface area contributed by atoms with Crippen molar-refractivity contribution in [1.29, 1.82) is 0 Å². The Kier molecular flexibility index (Phi) is 5.90. The molecule has 1 aromatic rings. The summed E-state index contributed by atoms with van der Waals surface area (Å²) in [5, 5.41) is 0. The average Bonchev–Trinajstić information content (AvgIpc) is 2.58. The van der Waals surface area contributed by atoms with Gasteiger partial charge in [0.2, 0.25) is 0 Å². The Bertz CT molecular complexity index is 594. The monoisotopic (exact) mass is 298 g/mol. The molecule has 0 aliphatic heterocycles. The number of hydrogen-bond acceptors (Lipinski definition) is 3. The lowest BCUT2D eigenvalue weighted by atomic mass is 9.96. The summed E-state index contributed by atoms with van der Waals surface area (Å²) >= 11 is 0. The Morgan fingerprint density at radius 2 is 1.73 bits per heavy atom. The van der Waals surface area contributed by atoms with Crippen molar-refractivity contribution in [2.75, 3.05) is 21.3 Å². The fourth-order valence-electron chi connectivity index (χ4n) is 2.39. The summed E-state index contributed by atoms with van der Waals surface area (Å²) in [4.78, 5) is 0. The molecule has 1 aliphatic carbocycles. The summed E-state index contributed by atoms with van der Waals surface area (Å²) in [5.41, 5.74) is 1.18. The molecule has 3 nitrogen and oxygen atoms in total. The first kappa shape index (κ1) is 16.0. The molecule has 0 radical (unpaired) electrons. The van der Waals surface area contributed by atoms with Gasteiger partial charge in [-0.25, -0.2) is 0 Å². The largest absolute Gasteiger partial charge is 0.497 e. The lowest BCUT2D eigenvalue weighted by Gasteiger charge is -2.22. The molecule has 0 fully saturated rings. The molecule has 0 bridgehead atoms. The third-order valence-corrected chi connectivity index (χ3v) is 3.49. The molecule has 22 heavy (non-hydrogen) atoms. The van der Waals surface area contributed by atoms with Gasteiger partial charge in [-0.05, 0) is 11.6 Å². The summed E-state index contributed by atoms with van der Waals surface area (Å²) in [7, 11) is 4.92. The molecular formula is C19H22O3. The fourth-order valence-corrected chi connectivity index (χ4v) is 2.39. The van der Waals surface area contributed by atoms with Crippen LogP contribution in [0.3, 0.4) is 0 Å². The molecule has 1 atom stereocenters. The van der Waals surface area contributed by atoms with E-state index < -0.39 is 0 Å². The lowest BCUT2D eigenvalue weighted by molar-refractivity contribution is 0.169. The van der Waals surface area contributed by atoms with E-state index >= 15 is 0 Å². The van der Waals surface area contributed by atoms with Gasteiger partial charge >= 0.3 is 0 Å². The van der Waals surface area contributed by atoms with Crippen LogP contribution in [0.5, 0.6) is 0 Å². The molecule has 0 amide bonds. The van der Waals surface area contributed by atoms with Crippen LogP contribution >= 0.6 is 0 Å². The first-order valence-electron chi connectivity index (χ1n) is 7.25. The molecule has 1 unspecified atom stereocenters. The molecule has 0 spiro atoms. The van der Waals surface area contributed by atoms with Crippen molar-refractivity contribution in [3.63, 3.8) is 0 Å². The van der Waals surface area contributed by atoms with Crippen LogP contribution < -0.4 is 0 Å². The third kappa shape index (κ3) is 4.04. The van der Waals surface area contributed by atoms with Crippen LogP contribution in [0.4, 0.5) is 0 Å². The van der Waals surface area contributed by atoms with E-state index in [1.54, 1.807) is 21.3 Å². The summed E-state index contributed by atoms with van der Waals surface area (Å²) in [5.74, 6) is 2.43. The Hall–Kier alpha value is -2.42. The smallest absolute Gasteiger partial charge is 0.198 e. The maximum Gasteiger partial charge on any atom is 0.198 e. The zero-order chi connectivity index (χ0) is 15.8. The predicted octanol–water partition coefficient (Wildman–Crippen LogP) is 4.31. The van der Waals surface area contributed by atoms with Gasteiger partial charge in [0.1, 0.15) is 5.76 Å². The van der Waals surface area contributed by atoms with Gasteiger partial charge in [0.25, 0.3) is 0 Å². The van der Waals surface area contributed by atoms with Crippen molar-refractivity contribution in [2.24, 2.45) is 5.92 Å². The van der Waals surface area contributed by atoms with E-state index in [4.69, 9.17) is 14.2 Å². The van der Waals surface area contributed by atoms with E-state index in [0.29, 0.717) is 11.5 Å². The Morgan fingerprint density at radius 1 is 0.955 bits per heavy atom. The summed E-state index contributed by atoms with van der Waals surface area (Å²) in [6, 6.07) is 10.2. The molecule has 3 heteroatoms. The minimum absolute atomic E-state index is 0.226. The lowest BCUT2D eigenvalue weighted by Crippen LogP contribution is -2.12. The molecule has 0 saturated heterocycles. The molecule has 116 valence electrons. The highest BCUT2D eigenvalue weighted by molar-refractivity contribution is 5.50. The second kappa shape index (κ2) is 8.13. The van der Waals surface area contributed by atoms with Crippen molar-refractivity contribution < 1.29 is 14.2 Å². The second-order valence-electron chi connectivity index (χ2n) is 4.92. The fraction of sp³-hybridized carbons (Fsp3) is 0.263. The second-order valence-corrected chi connectivity index (χ2v) is 4.92. The summed E-state index contributed by atoms with van der Waals surface area (Å²) in [6.45, 7) is 0. The maximum absolute atomic E-state index is 5.41. The number of methoxy groups -OCH3 is 3. The number of benzene rings is 1. The minimum atomic E-state index is 0.226. The molecule has 0 aromatic heterocycles. The zero-order valence-corrected chi connectivity index (χ0v) is 13.3. The van der Waals surface area contributed by atoms with Gasteiger partial charge in [0.05, 0.1) is 21.3 Å². The van der Waals surface area contributed by atoms with Gasteiger partial charge in [0.15, 0.2) is 11.5 Å². The molecule has 0 saturated carbocycles. The molecule has 2 rings (SSSR count). The van der Waals surface area contributed by atoms with Crippen molar-refractivity contribution in [1.82, 2.24) is 0 Å². The number of hydrogen-bond donors (Lipinski definition) is 0. The number of ether oxygens (including phenoxy) is 3. The van der Waals surface area contributed by atoms with Gasteiger partial charge < -0.3 is 14.2 Å². The topological polar surface area (TPSA) is 27.7 Å². The van der Waals surface area contributed by atoms with Crippen LogP contribution in [0.25, 0.3) is 6.08 Å². The van der Waals surface area contributed by atoms with Crippen LogP contribution in [-0.4, -0.2) is 21.3 Å². The maximum atomic E-state index is 5.41. The van der Waals surface area contributed by atoms with Crippen molar-refractivity contribution >= 4 is 6.08 Å². The SMILES string of the molecule is COC1=CC(/C=C/C=C/c2ccccc2)CC(OC)=C1OC. The van der Waals surface area contributed by atoms with Gasteiger partial charge in [-0.15, -0.1) is 0 Å². The summed E-state index contributed by atoms with van der Waals surface area (Å²) < 4.78 is 16.1. The Labute approximate surface area is 132 Å². The molecule has 1 aliphatic rings. The van der Waals surface area contributed by atoms with Crippen molar-refractivity contribution in [3.05, 3.63) is 77.5 Å². The molecule has 0 N–H and O–H groups in total. The van der Waals surface area contributed by atoms with E-state index in [0.717, 1.165) is 12.2 Å². The quantitative estimate of drug-likeness (QED) is 0.732. The zero-order valence-electron chi connectivity index (χ0n) is 13.3. The van der Waals surface area contributed by atoms with Crippen LogP contribution in [0.15, 0.2) is 71.9 Å². The van der Waals surface area contributed by atoms with E-state index in [-0.39, 0.29) is 5.92 Å². The van der Waals surface area contributed by atoms with Crippen LogP contribution in [0.2, 0.25) is 0 Å². The first-order valence-corrected chi connectivity index (χ1v) is 7.25. The Morgan fingerprint density at radius 3 is 2.36 bits per heavy atom. The molecule has 1 aromatic carbocycles. The Balaban J connectivity index is 2.05.